The van der Waals surface area contributed by atoms with E-state index in [-0.39, 0.29) is 0 Å². The van der Waals surface area contributed by atoms with Crippen molar-refractivity contribution in [3.63, 3.8) is 0 Å². The molecule has 0 amide bonds. The Labute approximate surface area is 122 Å². The van der Waals surface area contributed by atoms with Gasteiger partial charge in [0.25, 0.3) is 0 Å². The van der Waals surface area contributed by atoms with Crippen LogP contribution in [-0.2, 0) is 6.54 Å². The summed E-state index contributed by atoms with van der Waals surface area (Å²) in [7, 11) is 0. The standard InChI is InChI=1S/C17H26N2O/c1-13-14(12-18-15-9-10-15)8-11-17(19-13)20-16-6-4-2-3-5-7-16/h8,11,15-16,18H,2-7,9-10,12H2,1H3. The highest BCUT2D eigenvalue weighted by molar-refractivity contribution is 5.25. The molecule has 2 aliphatic rings. The first-order chi connectivity index (χ1) is 9.81. The van der Waals surface area contributed by atoms with Gasteiger partial charge in [-0.2, -0.15) is 0 Å². The maximum atomic E-state index is 6.08. The second-order valence-corrected chi connectivity index (χ2v) is 6.28. The molecule has 0 bridgehead atoms. The normalized spacial score (nSPS) is 20.6. The number of ether oxygens (including phenoxy) is 1. The van der Waals surface area contributed by atoms with Crippen molar-refractivity contribution in [2.45, 2.75) is 77.0 Å². The lowest BCUT2D eigenvalue weighted by Crippen LogP contribution is -2.18. The predicted molar refractivity (Wildman–Crippen MR) is 81.0 cm³/mol. The minimum atomic E-state index is 0.375. The highest BCUT2D eigenvalue weighted by atomic mass is 16.5. The van der Waals surface area contributed by atoms with Gasteiger partial charge in [0.05, 0.1) is 0 Å². The number of nitrogens with one attached hydrogen (secondary N) is 1. The molecule has 1 aromatic rings. The van der Waals surface area contributed by atoms with Crippen LogP contribution in [0.3, 0.4) is 0 Å². The number of aromatic nitrogens is 1. The van der Waals surface area contributed by atoms with Gasteiger partial charge in [0.2, 0.25) is 5.88 Å². The minimum absolute atomic E-state index is 0.375. The smallest absolute Gasteiger partial charge is 0.213 e. The van der Waals surface area contributed by atoms with Gasteiger partial charge in [-0.25, -0.2) is 4.98 Å². The van der Waals surface area contributed by atoms with Crippen molar-refractivity contribution in [1.82, 2.24) is 10.3 Å². The van der Waals surface area contributed by atoms with Crippen LogP contribution < -0.4 is 10.1 Å². The van der Waals surface area contributed by atoms with Crippen molar-refractivity contribution < 1.29 is 4.74 Å². The summed E-state index contributed by atoms with van der Waals surface area (Å²) in [6.45, 7) is 3.02. The van der Waals surface area contributed by atoms with E-state index in [1.807, 2.05) is 6.07 Å². The van der Waals surface area contributed by atoms with Gasteiger partial charge in [-0.15, -0.1) is 0 Å². The third-order valence-corrected chi connectivity index (χ3v) is 4.42. The first-order valence-corrected chi connectivity index (χ1v) is 8.18. The SMILES string of the molecule is Cc1nc(OC2CCCCCC2)ccc1CNC1CC1. The molecule has 0 spiro atoms. The quantitative estimate of drug-likeness (QED) is 0.830. The van der Waals surface area contributed by atoms with Crippen molar-refractivity contribution in [2.75, 3.05) is 0 Å². The van der Waals surface area contributed by atoms with E-state index in [0.717, 1.165) is 24.2 Å². The average Bonchev–Trinajstić information content (AvgIpc) is 3.25. The highest BCUT2D eigenvalue weighted by Crippen LogP contribution is 2.23. The van der Waals surface area contributed by atoms with Gasteiger partial charge in [0.1, 0.15) is 6.10 Å². The van der Waals surface area contributed by atoms with E-state index < -0.39 is 0 Å². The number of nitrogens with zero attached hydrogens (tertiary/aromatic N) is 1. The summed E-state index contributed by atoms with van der Waals surface area (Å²) < 4.78 is 6.08. The molecule has 2 saturated carbocycles. The molecule has 3 rings (SSSR count). The molecule has 1 N–H and O–H groups in total. The van der Waals surface area contributed by atoms with E-state index in [4.69, 9.17) is 4.74 Å². The Morgan fingerprint density at radius 3 is 2.50 bits per heavy atom. The molecule has 3 heteroatoms. The number of hydrogen-bond acceptors (Lipinski definition) is 3. The topological polar surface area (TPSA) is 34.1 Å². The zero-order valence-electron chi connectivity index (χ0n) is 12.5. The molecule has 110 valence electrons. The van der Waals surface area contributed by atoms with E-state index in [1.165, 1.54) is 56.9 Å². The Morgan fingerprint density at radius 2 is 1.85 bits per heavy atom. The van der Waals surface area contributed by atoms with Crippen molar-refractivity contribution in [3.05, 3.63) is 23.4 Å². The molecule has 3 nitrogen and oxygen atoms in total. The van der Waals surface area contributed by atoms with Crippen LogP contribution in [-0.4, -0.2) is 17.1 Å². The Balaban J connectivity index is 1.57. The highest BCUT2D eigenvalue weighted by Gasteiger charge is 2.20. The first kappa shape index (κ1) is 13.9. The van der Waals surface area contributed by atoms with Crippen molar-refractivity contribution in [3.8, 4) is 5.88 Å². The monoisotopic (exact) mass is 274 g/mol. The predicted octanol–water partition coefficient (Wildman–Crippen LogP) is 3.74. The van der Waals surface area contributed by atoms with Gasteiger partial charge in [-0.1, -0.05) is 18.9 Å². The van der Waals surface area contributed by atoms with E-state index in [0.29, 0.717) is 6.10 Å². The summed E-state index contributed by atoms with van der Waals surface area (Å²) in [5.41, 5.74) is 2.40. The molecule has 2 fully saturated rings. The van der Waals surface area contributed by atoms with Crippen molar-refractivity contribution in [2.24, 2.45) is 0 Å². The molecule has 0 aromatic carbocycles. The van der Waals surface area contributed by atoms with E-state index >= 15 is 0 Å². The van der Waals surface area contributed by atoms with Crippen molar-refractivity contribution in [1.29, 1.82) is 0 Å². The van der Waals surface area contributed by atoms with E-state index in [9.17, 15) is 0 Å². The molecule has 20 heavy (non-hydrogen) atoms. The second kappa shape index (κ2) is 6.57. The van der Waals surface area contributed by atoms with Crippen LogP contribution in [0.1, 0.15) is 62.6 Å². The number of rotatable bonds is 5. The van der Waals surface area contributed by atoms with Crippen LogP contribution >= 0.6 is 0 Å². The summed E-state index contributed by atoms with van der Waals surface area (Å²) in [6.07, 6.45) is 10.7. The molecular weight excluding hydrogens is 248 g/mol. The Bertz CT molecular complexity index is 435. The fourth-order valence-corrected chi connectivity index (χ4v) is 2.89. The Hall–Kier alpha value is -1.09. The van der Waals surface area contributed by atoms with Crippen LogP contribution in [0.25, 0.3) is 0 Å². The van der Waals surface area contributed by atoms with Crippen LogP contribution in [0.4, 0.5) is 0 Å². The maximum Gasteiger partial charge on any atom is 0.213 e. The molecule has 0 radical (unpaired) electrons. The molecule has 1 heterocycles. The summed E-state index contributed by atoms with van der Waals surface area (Å²) in [5, 5.41) is 3.54. The summed E-state index contributed by atoms with van der Waals surface area (Å²) in [4.78, 5) is 4.63. The molecule has 1 aromatic heterocycles. The third kappa shape index (κ3) is 3.95. The van der Waals surface area contributed by atoms with Gasteiger partial charge in [0.15, 0.2) is 0 Å². The molecule has 2 aliphatic carbocycles. The number of aryl methyl sites for hydroxylation is 1. The number of pyridine rings is 1. The molecular formula is C17H26N2O. The van der Waals surface area contributed by atoms with Crippen LogP contribution in [0.15, 0.2) is 12.1 Å². The van der Waals surface area contributed by atoms with E-state index in [2.05, 4.69) is 23.3 Å². The first-order valence-electron chi connectivity index (χ1n) is 8.18. The lowest BCUT2D eigenvalue weighted by molar-refractivity contribution is 0.176. The van der Waals surface area contributed by atoms with Crippen LogP contribution in [0, 0.1) is 6.92 Å². The van der Waals surface area contributed by atoms with Gasteiger partial charge in [-0.3, -0.25) is 0 Å². The third-order valence-electron chi connectivity index (χ3n) is 4.42. The molecule has 0 atom stereocenters. The lowest BCUT2D eigenvalue weighted by Gasteiger charge is -2.17. The number of hydrogen-bond donors (Lipinski definition) is 1. The lowest BCUT2D eigenvalue weighted by atomic mass is 10.1. The summed E-state index contributed by atoms with van der Waals surface area (Å²) in [6, 6.07) is 4.96. The molecule has 0 unspecified atom stereocenters. The summed E-state index contributed by atoms with van der Waals surface area (Å²) in [5.74, 6) is 0.810. The summed E-state index contributed by atoms with van der Waals surface area (Å²) >= 11 is 0. The second-order valence-electron chi connectivity index (χ2n) is 6.28. The largest absolute Gasteiger partial charge is 0.474 e. The van der Waals surface area contributed by atoms with Gasteiger partial charge >= 0.3 is 0 Å². The zero-order valence-corrected chi connectivity index (χ0v) is 12.5. The van der Waals surface area contributed by atoms with E-state index in [1.54, 1.807) is 0 Å². The Morgan fingerprint density at radius 1 is 1.10 bits per heavy atom. The van der Waals surface area contributed by atoms with Crippen molar-refractivity contribution >= 4 is 0 Å². The molecule has 0 aliphatic heterocycles. The van der Waals surface area contributed by atoms with Gasteiger partial charge < -0.3 is 10.1 Å². The average molecular weight is 274 g/mol. The zero-order chi connectivity index (χ0) is 13.8. The molecule has 0 saturated heterocycles. The Kier molecular flexibility index (Phi) is 4.56. The fraction of sp³-hybridized carbons (Fsp3) is 0.706. The maximum absolute atomic E-state index is 6.08. The van der Waals surface area contributed by atoms with Gasteiger partial charge in [0, 0.05) is 24.3 Å². The van der Waals surface area contributed by atoms with Crippen LogP contribution in [0.2, 0.25) is 0 Å². The fourth-order valence-electron chi connectivity index (χ4n) is 2.89. The minimum Gasteiger partial charge on any atom is -0.474 e. The van der Waals surface area contributed by atoms with Crippen LogP contribution in [0.5, 0.6) is 5.88 Å². The van der Waals surface area contributed by atoms with Gasteiger partial charge in [-0.05, 0) is 51.0 Å².